The molecule has 0 aliphatic rings. The number of alkyl halides is 1. The van der Waals surface area contributed by atoms with Gasteiger partial charge in [-0.05, 0) is 13.8 Å². The molecule has 2 N–H and O–H groups in total. The molecule has 3 atom stereocenters. The fourth-order valence-corrected chi connectivity index (χ4v) is 0.574. The number of hydrogen-bond donors (Lipinski definition) is 2. The Morgan fingerprint density at radius 3 is 2.30 bits per heavy atom. The molecular formula is C6H13ClO3. The molecule has 0 heterocycles. The molecule has 3 unspecified atom stereocenters. The van der Waals surface area contributed by atoms with Crippen molar-refractivity contribution in [1.29, 1.82) is 0 Å². The van der Waals surface area contributed by atoms with E-state index in [0.29, 0.717) is 6.61 Å². The van der Waals surface area contributed by atoms with Gasteiger partial charge >= 0.3 is 0 Å². The zero-order valence-corrected chi connectivity index (χ0v) is 6.88. The molecule has 0 saturated carbocycles. The van der Waals surface area contributed by atoms with E-state index in [-0.39, 0.29) is 0 Å². The van der Waals surface area contributed by atoms with Crippen molar-refractivity contribution in [3.63, 3.8) is 0 Å². The molecule has 0 spiro atoms. The van der Waals surface area contributed by atoms with E-state index in [1.165, 1.54) is 6.92 Å². The summed E-state index contributed by atoms with van der Waals surface area (Å²) in [6.07, 6.45) is -1.84. The van der Waals surface area contributed by atoms with Crippen LogP contribution >= 0.6 is 11.6 Å². The third-order valence-electron chi connectivity index (χ3n) is 1.07. The number of hydrogen-bond acceptors (Lipinski definition) is 3. The van der Waals surface area contributed by atoms with Crippen LogP contribution in [0.5, 0.6) is 0 Å². The minimum atomic E-state index is -1.08. The van der Waals surface area contributed by atoms with Gasteiger partial charge in [0.25, 0.3) is 0 Å². The highest BCUT2D eigenvalue weighted by Gasteiger charge is 2.20. The average Bonchev–Trinajstić information content (AvgIpc) is 1.87. The Kier molecular flexibility index (Phi) is 4.99. The molecule has 0 amide bonds. The molecule has 0 fully saturated rings. The lowest BCUT2D eigenvalue weighted by molar-refractivity contribution is -0.110. The summed E-state index contributed by atoms with van der Waals surface area (Å²) in [5.41, 5.74) is 0. The van der Waals surface area contributed by atoms with Crippen molar-refractivity contribution >= 4 is 11.6 Å². The maximum absolute atomic E-state index is 8.97. The molecule has 0 saturated heterocycles. The molecule has 0 rings (SSSR count). The van der Waals surface area contributed by atoms with Crippen LogP contribution in [0.25, 0.3) is 0 Å². The molecule has 3 nitrogen and oxygen atoms in total. The SMILES string of the molecule is CCOC(O)C(Cl)C(C)O. The van der Waals surface area contributed by atoms with Gasteiger partial charge in [0.1, 0.15) is 5.38 Å². The van der Waals surface area contributed by atoms with Crippen molar-refractivity contribution in [1.82, 2.24) is 0 Å². The summed E-state index contributed by atoms with van der Waals surface area (Å²) >= 11 is 5.52. The number of halogens is 1. The average molecular weight is 169 g/mol. The minimum Gasteiger partial charge on any atom is -0.392 e. The topological polar surface area (TPSA) is 49.7 Å². The molecular weight excluding hydrogens is 156 g/mol. The van der Waals surface area contributed by atoms with Crippen molar-refractivity contribution in [2.24, 2.45) is 0 Å². The molecule has 0 aromatic carbocycles. The van der Waals surface area contributed by atoms with Crippen LogP contribution in [-0.4, -0.2) is 34.6 Å². The monoisotopic (exact) mass is 168 g/mol. The summed E-state index contributed by atoms with van der Waals surface area (Å²) in [5.74, 6) is 0. The third-order valence-corrected chi connectivity index (χ3v) is 1.65. The second kappa shape index (κ2) is 4.91. The van der Waals surface area contributed by atoms with E-state index in [4.69, 9.17) is 26.6 Å². The first kappa shape index (κ1) is 10.2. The Hall–Kier alpha value is 0.170. The zero-order valence-electron chi connectivity index (χ0n) is 6.12. The molecule has 0 radical (unpaired) electrons. The zero-order chi connectivity index (χ0) is 8.15. The third kappa shape index (κ3) is 3.37. The summed E-state index contributed by atoms with van der Waals surface area (Å²) in [5, 5.41) is 17.1. The summed E-state index contributed by atoms with van der Waals surface area (Å²) in [7, 11) is 0. The molecule has 0 aliphatic carbocycles. The molecule has 4 heteroatoms. The minimum absolute atomic E-state index is 0.386. The Morgan fingerprint density at radius 2 is 2.00 bits per heavy atom. The first-order valence-corrected chi connectivity index (χ1v) is 3.65. The van der Waals surface area contributed by atoms with Crippen LogP contribution in [0.3, 0.4) is 0 Å². The fourth-order valence-electron chi connectivity index (χ4n) is 0.501. The number of ether oxygens (including phenoxy) is 1. The summed E-state index contributed by atoms with van der Waals surface area (Å²) in [6.45, 7) is 3.63. The standard InChI is InChI=1S/C6H13ClO3/c1-3-10-6(9)5(7)4(2)8/h4-6,8-9H,3H2,1-2H3. The number of aliphatic hydroxyl groups is 2. The predicted octanol–water partition coefficient (Wildman–Crippen LogP) is 0.330. The summed E-state index contributed by atoms with van der Waals surface area (Å²) in [4.78, 5) is 0. The van der Waals surface area contributed by atoms with Crippen molar-refractivity contribution in [2.45, 2.75) is 31.6 Å². The predicted molar refractivity (Wildman–Crippen MR) is 39.0 cm³/mol. The smallest absolute Gasteiger partial charge is 0.173 e. The van der Waals surface area contributed by atoms with Crippen LogP contribution in [-0.2, 0) is 4.74 Å². The Labute approximate surface area is 65.6 Å². The Morgan fingerprint density at radius 1 is 1.50 bits per heavy atom. The summed E-state index contributed by atoms with van der Waals surface area (Å²) < 4.78 is 4.73. The van der Waals surface area contributed by atoms with Crippen molar-refractivity contribution in [2.75, 3.05) is 6.61 Å². The lowest BCUT2D eigenvalue weighted by Gasteiger charge is -2.18. The first-order chi connectivity index (χ1) is 4.59. The lowest BCUT2D eigenvalue weighted by atomic mass is 10.3. The van der Waals surface area contributed by atoms with Gasteiger partial charge in [0.15, 0.2) is 6.29 Å². The lowest BCUT2D eigenvalue weighted by Crippen LogP contribution is -2.32. The molecule has 62 valence electrons. The van der Waals surface area contributed by atoms with Gasteiger partial charge < -0.3 is 14.9 Å². The van der Waals surface area contributed by atoms with Crippen molar-refractivity contribution in [3.05, 3.63) is 0 Å². The maximum Gasteiger partial charge on any atom is 0.173 e. The van der Waals surface area contributed by atoms with E-state index in [2.05, 4.69) is 0 Å². The number of rotatable bonds is 4. The maximum atomic E-state index is 8.97. The van der Waals surface area contributed by atoms with Gasteiger partial charge in [-0.15, -0.1) is 11.6 Å². The highest BCUT2D eigenvalue weighted by Crippen LogP contribution is 2.08. The highest BCUT2D eigenvalue weighted by molar-refractivity contribution is 6.21. The Bertz CT molecular complexity index is 87.1. The van der Waals surface area contributed by atoms with Crippen LogP contribution in [0.15, 0.2) is 0 Å². The first-order valence-electron chi connectivity index (χ1n) is 3.21. The second-order valence-corrected chi connectivity index (χ2v) is 2.53. The van der Waals surface area contributed by atoms with Gasteiger partial charge in [-0.1, -0.05) is 0 Å². The van der Waals surface area contributed by atoms with Gasteiger partial charge in [-0.25, -0.2) is 0 Å². The van der Waals surface area contributed by atoms with Crippen LogP contribution in [0, 0.1) is 0 Å². The van der Waals surface area contributed by atoms with Crippen molar-refractivity contribution < 1.29 is 14.9 Å². The van der Waals surface area contributed by atoms with Crippen LogP contribution in [0.2, 0.25) is 0 Å². The van der Waals surface area contributed by atoms with E-state index in [9.17, 15) is 0 Å². The quantitative estimate of drug-likeness (QED) is 0.470. The van der Waals surface area contributed by atoms with E-state index < -0.39 is 17.8 Å². The largest absolute Gasteiger partial charge is 0.392 e. The molecule has 0 aliphatic heterocycles. The second-order valence-electron chi connectivity index (χ2n) is 2.03. The molecule has 0 aromatic heterocycles. The van der Waals surface area contributed by atoms with E-state index in [1.54, 1.807) is 6.92 Å². The highest BCUT2D eigenvalue weighted by atomic mass is 35.5. The number of aliphatic hydroxyl groups excluding tert-OH is 2. The van der Waals surface area contributed by atoms with Gasteiger partial charge in [-0.3, -0.25) is 0 Å². The van der Waals surface area contributed by atoms with E-state index in [1.807, 2.05) is 0 Å². The molecule has 0 aromatic rings. The van der Waals surface area contributed by atoms with Gasteiger partial charge in [0.05, 0.1) is 6.10 Å². The van der Waals surface area contributed by atoms with Crippen LogP contribution < -0.4 is 0 Å². The van der Waals surface area contributed by atoms with Crippen LogP contribution in [0.1, 0.15) is 13.8 Å². The molecule has 0 bridgehead atoms. The fraction of sp³-hybridized carbons (Fsp3) is 1.00. The van der Waals surface area contributed by atoms with Gasteiger partial charge in [-0.2, -0.15) is 0 Å². The van der Waals surface area contributed by atoms with Crippen LogP contribution in [0.4, 0.5) is 0 Å². The van der Waals surface area contributed by atoms with Gasteiger partial charge in [0, 0.05) is 6.61 Å². The Balaban J connectivity index is 3.58. The normalized spacial score (nSPS) is 20.1. The molecule has 10 heavy (non-hydrogen) atoms. The van der Waals surface area contributed by atoms with E-state index in [0.717, 1.165) is 0 Å². The summed E-state index contributed by atoms with van der Waals surface area (Å²) in [6, 6.07) is 0. The van der Waals surface area contributed by atoms with E-state index >= 15 is 0 Å². The van der Waals surface area contributed by atoms with Crippen molar-refractivity contribution in [3.8, 4) is 0 Å². The van der Waals surface area contributed by atoms with Gasteiger partial charge in [0.2, 0.25) is 0 Å².